The average molecular weight is 414 g/mol. The van der Waals surface area contributed by atoms with Crippen molar-refractivity contribution in [1.82, 2.24) is 19.5 Å². The third kappa shape index (κ3) is 4.52. The molecular formula is C20H23N5O3S. The van der Waals surface area contributed by atoms with E-state index >= 15 is 0 Å². The number of benzene rings is 1. The average Bonchev–Trinajstić information content (AvgIpc) is 3.06. The van der Waals surface area contributed by atoms with Crippen LogP contribution < -0.4 is 10.1 Å². The van der Waals surface area contributed by atoms with E-state index in [1.54, 1.807) is 36.6 Å². The van der Waals surface area contributed by atoms with Gasteiger partial charge in [0, 0.05) is 12.7 Å². The highest BCUT2D eigenvalue weighted by Gasteiger charge is 2.16. The topological polar surface area (TPSA) is 105 Å². The summed E-state index contributed by atoms with van der Waals surface area (Å²) >= 11 is 0. The number of pyridine rings is 1. The summed E-state index contributed by atoms with van der Waals surface area (Å²) < 4.78 is 28.5. The van der Waals surface area contributed by atoms with E-state index in [0.29, 0.717) is 41.3 Å². The van der Waals surface area contributed by atoms with E-state index in [0.717, 1.165) is 0 Å². The van der Waals surface area contributed by atoms with Crippen LogP contribution in [0.3, 0.4) is 0 Å². The number of nitrogens with zero attached hydrogens (tertiary/aromatic N) is 3. The number of aryl methyl sites for hydroxylation is 1. The lowest BCUT2D eigenvalue weighted by molar-refractivity contribution is 0.0948. The van der Waals surface area contributed by atoms with Crippen molar-refractivity contribution in [3.05, 3.63) is 65.6 Å². The van der Waals surface area contributed by atoms with Crippen LogP contribution in [0.5, 0.6) is 0 Å². The van der Waals surface area contributed by atoms with Crippen LogP contribution in [0.2, 0.25) is 0 Å². The third-order valence-electron chi connectivity index (χ3n) is 4.37. The minimum absolute atomic E-state index is 0.188. The van der Waals surface area contributed by atoms with Gasteiger partial charge in [0.1, 0.15) is 11.3 Å². The summed E-state index contributed by atoms with van der Waals surface area (Å²) in [6.45, 7) is 5.79. The Bertz CT molecular complexity index is 1160. The lowest BCUT2D eigenvalue weighted by atomic mass is 10.1. The minimum atomic E-state index is -3.52. The molecule has 3 aromatic rings. The molecule has 0 saturated carbocycles. The van der Waals surface area contributed by atoms with E-state index in [9.17, 15) is 13.2 Å². The number of aromatic nitrogens is 2. The fourth-order valence-electron chi connectivity index (χ4n) is 2.83. The van der Waals surface area contributed by atoms with E-state index in [2.05, 4.69) is 20.2 Å². The van der Waals surface area contributed by atoms with Gasteiger partial charge < -0.3 is 0 Å². The standard InChI is InChI=1S/C20H23N5O3S/c1-4-12-21-29(27,28)17-10-8-16(9-11-17)14(2)23-24-20(26)19-15(3)22-18-7-5-6-13-25(18)19/h5-11,13,21H,4,12H2,1-3H3,(H,24,26)/b23-14-. The highest BCUT2D eigenvalue weighted by Crippen LogP contribution is 2.13. The van der Waals surface area contributed by atoms with Crippen molar-refractivity contribution >= 4 is 27.3 Å². The lowest BCUT2D eigenvalue weighted by Gasteiger charge is -2.07. The molecule has 0 saturated heterocycles. The number of imidazole rings is 1. The first-order valence-corrected chi connectivity index (χ1v) is 10.7. The van der Waals surface area contributed by atoms with Gasteiger partial charge in [0.05, 0.1) is 16.3 Å². The highest BCUT2D eigenvalue weighted by atomic mass is 32.2. The van der Waals surface area contributed by atoms with Crippen LogP contribution in [0.25, 0.3) is 5.65 Å². The molecule has 152 valence electrons. The summed E-state index contributed by atoms with van der Waals surface area (Å²) in [6, 6.07) is 11.8. The summed E-state index contributed by atoms with van der Waals surface area (Å²) in [5, 5.41) is 4.15. The van der Waals surface area contributed by atoms with Gasteiger partial charge in [0.2, 0.25) is 10.0 Å². The molecule has 2 heterocycles. The smallest absolute Gasteiger partial charge is 0.290 e. The molecule has 0 radical (unpaired) electrons. The van der Waals surface area contributed by atoms with Crippen LogP contribution in [-0.2, 0) is 10.0 Å². The Morgan fingerprint density at radius 1 is 1.17 bits per heavy atom. The van der Waals surface area contributed by atoms with Crippen molar-refractivity contribution in [2.75, 3.05) is 6.54 Å². The number of sulfonamides is 1. The predicted molar refractivity (Wildman–Crippen MR) is 112 cm³/mol. The van der Waals surface area contributed by atoms with Crippen molar-refractivity contribution in [3.63, 3.8) is 0 Å². The summed E-state index contributed by atoms with van der Waals surface area (Å²) in [4.78, 5) is 17.1. The van der Waals surface area contributed by atoms with Gasteiger partial charge in [-0.15, -0.1) is 0 Å². The van der Waals surface area contributed by atoms with Crippen molar-refractivity contribution in [2.24, 2.45) is 5.10 Å². The zero-order valence-electron chi connectivity index (χ0n) is 16.5. The number of hydrazone groups is 1. The van der Waals surface area contributed by atoms with Gasteiger partial charge >= 0.3 is 0 Å². The summed E-state index contributed by atoms with van der Waals surface area (Å²) in [5.74, 6) is -0.372. The molecule has 0 unspecified atom stereocenters. The number of carbonyl (C=O) groups is 1. The highest BCUT2D eigenvalue weighted by molar-refractivity contribution is 7.89. The number of fused-ring (bicyclic) bond motifs is 1. The van der Waals surface area contributed by atoms with Crippen LogP contribution >= 0.6 is 0 Å². The van der Waals surface area contributed by atoms with E-state index in [1.807, 2.05) is 25.1 Å². The zero-order chi connectivity index (χ0) is 21.0. The van der Waals surface area contributed by atoms with Crippen molar-refractivity contribution < 1.29 is 13.2 Å². The number of hydrogen-bond donors (Lipinski definition) is 2. The van der Waals surface area contributed by atoms with Gasteiger partial charge in [-0.1, -0.05) is 25.1 Å². The molecule has 2 N–H and O–H groups in total. The molecular weight excluding hydrogens is 390 g/mol. The Kier molecular flexibility index (Phi) is 6.09. The van der Waals surface area contributed by atoms with E-state index in [1.165, 1.54) is 12.1 Å². The molecule has 1 amide bonds. The molecule has 0 aliphatic rings. The predicted octanol–water partition coefficient (Wildman–Crippen LogP) is 2.49. The second-order valence-electron chi connectivity index (χ2n) is 6.53. The number of carbonyl (C=O) groups excluding carboxylic acids is 1. The molecule has 0 fully saturated rings. The maximum atomic E-state index is 12.6. The molecule has 0 atom stereocenters. The van der Waals surface area contributed by atoms with Gasteiger partial charge in [0.15, 0.2) is 0 Å². The third-order valence-corrected chi connectivity index (χ3v) is 5.85. The van der Waals surface area contributed by atoms with Crippen molar-refractivity contribution in [1.29, 1.82) is 0 Å². The van der Waals surface area contributed by atoms with Crippen molar-refractivity contribution in [3.8, 4) is 0 Å². The number of rotatable bonds is 7. The van der Waals surface area contributed by atoms with Gasteiger partial charge in [-0.05, 0) is 50.1 Å². The molecule has 0 bridgehead atoms. The normalized spacial score (nSPS) is 12.3. The van der Waals surface area contributed by atoms with Crippen LogP contribution in [0, 0.1) is 6.92 Å². The largest absolute Gasteiger partial charge is 0.295 e. The molecule has 8 nitrogen and oxygen atoms in total. The summed E-state index contributed by atoms with van der Waals surface area (Å²) in [5.41, 5.74) is 5.51. The number of amides is 1. The van der Waals surface area contributed by atoms with Gasteiger partial charge in [0.25, 0.3) is 5.91 Å². The van der Waals surface area contributed by atoms with Crippen LogP contribution in [0.1, 0.15) is 42.0 Å². The Balaban J connectivity index is 1.76. The molecule has 29 heavy (non-hydrogen) atoms. The van der Waals surface area contributed by atoms with Gasteiger partial charge in [-0.2, -0.15) is 5.10 Å². The van der Waals surface area contributed by atoms with Crippen LogP contribution in [-0.4, -0.2) is 36.0 Å². The molecule has 0 spiro atoms. The second-order valence-corrected chi connectivity index (χ2v) is 8.30. The molecule has 1 aromatic carbocycles. The maximum Gasteiger partial charge on any atom is 0.290 e. The fourth-order valence-corrected chi connectivity index (χ4v) is 3.97. The molecule has 0 aliphatic heterocycles. The Morgan fingerprint density at radius 2 is 1.90 bits per heavy atom. The summed E-state index contributed by atoms with van der Waals surface area (Å²) in [7, 11) is -3.52. The summed E-state index contributed by atoms with van der Waals surface area (Å²) in [6.07, 6.45) is 2.49. The second kappa shape index (κ2) is 8.54. The molecule has 2 aromatic heterocycles. The number of hydrogen-bond acceptors (Lipinski definition) is 5. The quantitative estimate of drug-likeness (QED) is 0.458. The van der Waals surface area contributed by atoms with E-state index in [-0.39, 0.29) is 10.8 Å². The SMILES string of the molecule is CCCNS(=O)(=O)c1ccc(/C(C)=N\NC(=O)c2c(C)nc3ccccn23)cc1. The van der Waals surface area contributed by atoms with Gasteiger partial charge in [-0.25, -0.2) is 23.5 Å². The maximum absolute atomic E-state index is 12.6. The van der Waals surface area contributed by atoms with E-state index in [4.69, 9.17) is 0 Å². The number of nitrogens with one attached hydrogen (secondary N) is 2. The van der Waals surface area contributed by atoms with Crippen molar-refractivity contribution in [2.45, 2.75) is 32.1 Å². The molecule has 9 heteroatoms. The van der Waals surface area contributed by atoms with Crippen LogP contribution in [0.15, 0.2) is 58.7 Å². The first-order valence-electron chi connectivity index (χ1n) is 9.22. The van der Waals surface area contributed by atoms with E-state index < -0.39 is 10.0 Å². The fraction of sp³-hybridized carbons (Fsp3) is 0.250. The van der Waals surface area contributed by atoms with Gasteiger partial charge in [-0.3, -0.25) is 9.20 Å². The molecule has 3 rings (SSSR count). The first-order chi connectivity index (χ1) is 13.8. The lowest BCUT2D eigenvalue weighted by Crippen LogP contribution is -2.24. The minimum Gasteiger partial charge on any atom is -0.295 e. The zero-order valence-corrected chi connectivity index (χ0v) is 17.3. The molecule has 0 aliphatic carbocycles. The van der Waals surface area contributed by atoms with Crippen LogP contribution in [0.4, 0.5) is 0 Å². The Morgan fingerprint density at radius 3 is 2.59 bits per heavy atom. The first kappa shape index (κ1) is 20.7. The Labute approximate surface area is 169 Å². The monoisotopic (exact) mass is 413 g/mol. The Hall–Kier alpha value is -3.04.